The lowest BCUT2D eigenvalue weighted by molar-refractivity contribution is -0.126. The number of aromatic nitrogens is 3. The number of nitrogens with zero attached hydrogens (tertiary/aromatic N) is 6. The highest BCUT2D eigenvalue weighted by Gasteiger charge is 2.43. The monoisotopic (exact) mass is 948 g/mol. The molecule has 6 unspecified atom stereocenters. The quantitative estimate of drug-likeness (QED) is 0.0153. The molecule has 31 heteroatoms. The molecule has 1 saturated heterocycles. The minimum Gasteiger partial charge on any atom is -0.491 e. The summed E-state index contributed by atoms with van der Waals surface area (Å²) >= 11 is 0. The van der Waals surface area contributed by atoms with Crippen LogP contribution in [0.15, 0.2) is 41.9 Å². The van der Waals surface area contributed by atoms with E-state index in [0.29, 0.717) is 22.3 Å². The number of ether oxygens (including phenoxy) is 5. The Labute approximate surface area is 357 Å². The molecule has 4 rings (SSSR count). The third-order valence-electron chi connectivity index (χ3n) is 8.07. The van der Waals surface area contributed by atoms with Crippen molar-refractivity contribution in [2.45, 2.75) is 38.0 Å². The number of azide groups is 1. The number of hydrogen-bond acceptors (Lipinski definition) is 18. The smallest absolute Gasteiger partial charge is 0.490 e. The van der Waals surface area contributed by atoms with E-state index in [2.05, 4.69) is 56.4 Å². The molecule has 0 spiro atoms. The first kappa shape index (κ1) is 50.6. The Morgan fingerprint density at radius 2 is 1.86 bits per heavy atom. The summed E-state index contributed by atoms with van der Waals surface area (Å²) in [5.74, 6) is 4.93. The molecule has 0 aliphatic carbocycles. The zero-order valence-corrected chi connectivity index (χ0v) is 35.9. The Kier molecular flexibility index (Phi) is 19.0. The molecule has 3 amide bonds. The summed E-state index contributed by atoms with van der Waals surface area (Å²) < 4.78 is 76.5. The van der Waals surface area contributed by atoms with Crippen LogP contribution in [0.4, 0.5) is 5.82 Å². The normalized spacial score (nSPS) is 18.5. The average Bonchev–Trinajstić information content (AvgIpc) is 3.79. The van der Waals surface area contributed by atoms with Gasteiger partial charge in [0.1, 0.15) is 49.1 Å². The summed E-state index contributed by atoms with van der Waals surface area (Å²) in [5.41, 5.74) is 16.0. The molecule has 6 atom stereocenters. The zero-order chi connectivity index (χ0) is 46.2. The molecule has 3 aromatic rings. The number of phosphoric acid groups is 3. The van der Waals surface area contributed by atoms with E-state index < -0.39 is 60.6 Å². The van der Waals surface area contributed by atoms with Crippen molar-refractivity contribution in [2.24, 2.45) is 5.11 Å². The fourth-order valence-electron chi connectivity index (χ4n) is 5.49. The maximum absolute atomic E-state index is 12.4. The molecule has 0 radical (unpaired) electrons. The number of rotatable bonds is 24. The van der Waals surface area contributed by atoms with Crippen molar-refractivity contribution in [3.63, 3.8) is 0 Å². The van der Waals surface area contributed by atoms with Crippen molar-refractivity contribution in [2.75, 3.05) is 65.5 Å². The number of amides is 3. The molecular formula is C32H43N10O18P3. The second kappa shape index (κ2) is 23.6. The standard InChI is InChI=1S/C32H43N10O18P3/c1-20(43)35-9-10-37-32(45)21-5-3-7-23(13-21)56-18-27(40-41-34)55-12-11-54-17-26(44)36-8-4-6-22-15-42(31-29(22)30(33)38-19-39-31)28-14-24(53-2)25(58-28)16-57-62(49,50)60-63(51,52)59-61(46,47)48/h3,5,7,13,15,19,24-25,27-28H,8-12,14,16-18H2,1-2H3,(H,35,43)(H,36,44)(H,37,45)(H,49,50)(H,51,52)(H2,33,38,39)(H2,46,47,48). The van der Waals surface area contributed by atoms with Crippen LogP contribution in [-0.2, 0) is 55.4 Å². The zero-order valence-electron chi connectivity index (χ0n) is 33.2. The van der Waals surface area contributed by atoms with Crippen LogP contribution in [0.25, 0.3) is 21.5 Å². The number of hydrogen-bond donors (Lipinski definition) is 8. The molecule has 344 valence electrons. The number of nitrogens with one attached hydrogen (secondary N) is 3. The minimum absolute atomic E-state index is 0.0597. The Bertz CT molecular complexity index is 2350. The summed E-state index contributed by atoms with van der Waals surface area (Å²) in [7, 11) is -15.4. The SMILES string of the molecule is COC1CC(n2cc(C#CCNC(=O)COCCOC(COc3cccc(C(=O)NCCNC(C)=O)c3)N=[N+]=[N-])c3c(N)ncnc32)OC1COP(=O)(O)OP(=O)(O)OP(=O)(O)O. The van der Waals surface area contributed by atoms with Gasteiger partial charge >= 0.3 is 23.5 Å². The predicted molar refractivity (Wildman–Crippen MR) is 214 cm³/mol. The molecule has 63 heavy (non-hydrogen) atoms. The highest BCUT2D eigenvalue weighted by atomic mass is 31.3. The summed E-state index contributed by atoms with van der Waals surface area (Å²) in [5, 5.41) is 11.7. The topological polar surface area (TPSA) is 399 Å². The third kappa shape index (κ3) is 16.9. The molecular weight excluding hydrogens is 905 g/mol. The molecule has 1 fully saturated rings. The Balaban J connectivity index is 1.24. The molecule has 28 nitrogen and oxygen atoms in total. The maximum Gasteiger partial charge on any atom is 0.490 e. The van der Waals surface area contributed by atoms with Gasteiger partial charge in [0.25, 0.3) is 5.91 Å². The second-order valence-electron chi connectivity index (χ2n) is 12.7. The Morgan fingerprint density at radius 1 is 1.10 bits per heavy atom. The van der Waals surface area contributed by atoms with Crippen molar-refractivity contribution in [3.8, 4) is 17.6 Å². The number of carbonyl (C=O) groups is 3. The fraction of sp³-hybridized carbons (Fsp3) is 0.469. The van der Waals surface area contributed by atoms with Crippen LogP contribution >= 0.6 is 23.5 Å². The van der Waals surface area contributed by atoms with Crippen molar-refractivity contribution < 1.29 is 84.5 Å². The van der Waals surface area contributed by atoms with Gasteiger partial charge in [-0.1, -0.05) is 23.0 Å². The second-order valence-corrected chi connectivity index (χ2v) is 17.1. The third-order valence-corrected chi connectivity index (χ3v) is 11.9. The summed E-state index contributed by atoms with van der Waals surface area (Å²) in [6.45, 7) is 0.284. The van der Waals surface area contributed by atoms with Crippen molar-refractivity contribution >= 4 is 58.0 Å². The number of carbonyl (C=O) groups excluding carboxylic acids is 3. The molecule has 3 heterocycles. The Morgan fingerprint density at radius 3 is 2.57 bits per heavy atom. The van der Waals surface area contributed by atoms with Gasteiger partial charge in [0.05, 0.1) is 43.4 Å². The number of phosphoric ester groups is 1. The van der Waals surface area contributed by atoms with E-state index in [-0.39, 0.29) is 75.8 Å². The predicted octanol–water partition coefficient (Wildman–Crippen LogP) is 0.742. The van der Waals surface area contributed by atoms with Gasteiger partial charge in [-0.05, 0) is 23.7 Å². The van der Waals surface area contributed by atoms with Crippen LogP contribution in [-0.4, -0.2) is 130 Å². The largest absolute Gasteiger partial charge is 0.491 e. The van der Waals surface area contributed by atoms with E-state index in [1.165, 1.54) is 26.4 Å². The van der Waals surface area contributed by atoms with E-state index >= 15 is 0 Å². The van der Waals surface area contributed by atoms with Crippen LogP contribution in [0, 0.1) is 11.8 Å². The first-order valence-corrected chi connectivity index (χ1v) is 22.6. The first-order valence-electron chi connectivity index (χ1n) is 18.1. The van der Waals surface area contributed by atoms with E-state index in [9.17, 15) is 37.9 Å². The van der Waals surface area contributed by atoms with Crippen LogP contribution in [0.1, 0.15) is 35.5 Å². The van der Waals surface area contributed by atoms with E-state index in [1.54, 1.807) is 29.0 Å². The highest BCUT2D eigenvalue weighted by Crippen LogP contribution is 2.66. The minimum atomic E-state index is -5.74. The average molecular weight is 949 g/mol. The highest BCUT2D eigenvalue weighted by molar-refractivity contribution is 7.66. The van der Waals surface area contributed by atoms with Gasteiger partial charge in [0, 0.05) is 50.2 Å². The first-order chi connectivity index (χ1) is 29.8. The summed E-state index contributed by atoms with van der Waals surface area (Å²) in [6.07, 6.45) is -0.953. The van der Waals surface area contributed by atoms with Gasteiger partial charge in [-0.15, -0.1) is 0 Å². The van der Waals surface area contributed by atoms with Crippen molar-refractivity contribution in [1.29, 1.82) is 0 Å². The van der Waals surface area contributed by atoms with Gasteiger partial charge in [0.2, 0.25) is 11.8 Å². The Hall–Kier alpha value is -5.03. The van der Waals surface area contributed by atoms with Gasteiger partial charge < -0.3 is 69.5 Å². The van der Waals surface area contributed by atoms with Gasteiger partial charge in [-0.3, -0.25) is 18.9 Å². The lowest BCUT2D eigenvalue weighted by Crippen LogP contribution is -2.33. The van der Waals surface area contributed by atoms with Crippen LogP contribution < -0.4 is 26.4 Å². The van der Waals surface area contributed by atoms with Gasteiger partial charge in [0.15, 0.2) is 6.23 Å². The summed E-state index contributed by atoms with van der Waals surface area (Å²) in [6, 6.07) is 6.25. The van der Waals surface area contributed by atoms with Crippen LogP contribution in [0.5, 0.6) is 5.75 Å². The molecule has 9 N–H and O–H groups in total. The number of anilines is 1. The molecule has 1 aliphatic heterocycles. The van der Waals surface area contributed by atoms with Gasteiger partial charge in [-0.2, -0.15) is 8.62 Å². The van der Waals surface area contributed by atoms with E-state index in [0.717, 1.165) is 0 Å². The molecule has 1 aromatic carbocycles. The molecule has 2 aromatic heterocycles. The summed E-state index contributed by atoms with van der Waals surface area (Å²) in [4.78, 5) is 83.5. The lowest BCUT2D eigenvalue weighted by atomic mass is 10.2. The van der Waals surface area contributed by atoms with Crippen LogP contribution in [0.2, 0.25) is 0 Å². The van der Waals surface area contributed by atoms with E-state index in [4.69, 9.17) is 49.3 Å². The lowest BCUT2D eigenvalue weighted by Gasteiger charge is -2.20. The maximum atomic E-state index is 12.4. The molecule has 1 aliphatic rings. The number of methoxy groups -OCH3 is 1. The van der Waals surface area contributed by atoms with E-state index in [1.807, 2.05) is 0 Å². The molecule has 0 bridgehead atoms. The van der Waals surface area contributed by atoms with Crippen molar-refractivity contribution in [3.05, 3.63) is 58.4 Å². The number of nitrogens with two attached hydrogens (primary N) is 1. The number of fused-ring (bicyclic) bond motifs is 1. The number of benzene rings is 1. The number of nitrogen functional groups attached to an aromatic ring is 1. The fourth-order valence-corrected chi connectivity index (χ4v) is 8.52. The molecule has 0 saturated carbocycles. The van der Waals surface area contributed by atoms with Crippen LogP contribution in [0.3, 0.4) is 0 Å². The van der Waals surface area contributed by atoms with Gasteiger partial charge in [-0.25, -0.2) is 23.7 Å². The van der Waals surface area contributed by atoms with Crippen molar-refractivity contribution in [1.82, 2.24) is 30.5 Å².